The van der Waals surface area contributed by atoms with Crippen LogP contribution in [0.4, 0.5) is 0 Å². The third-order valence-electron chi connectivity index (χ3n) is 3.42. The predicted molar refractivity (Wildman–Crippen MR) is 95.2 cm³/mol. The number of benzene rings is 2. The highest BCUT2D eigenvalue weighted by Crippen LogP contribution is 2.15. The number of hydrogen-bond acceptors (Lipinski definition) is 3. The van der Waals surface area contributed by atoms with E-state index < -0.39 is 6.10 Å². The quantitative estimate of drug-likeness (QED) is 0.798. The van der Waals surface area contributed by atoms with Gasteiger partial charge in [0, 0.05) is 6.54 Å². The van der Waals surface area contributed by atoms with E-state index >= 15 is 0 Å². The number of nitrogens with one attached hydrogen (secondary N) is 1. The van der Waals surface area contributed by atoms with Gasteiger partial charge in [-0.05, 0) is 50.1 Å². The summed E-state index contributed by atoms with van der Waals surface area (Å²) in [6.07, 6.45) is 0.234. The minimum Gasteiger partial charge on any atom is -0.491 e. The van der Waals surface area contributed by atoms with Crippen molar-refractivity contribution in [2.75, 3.05) is 0 Å². The van der Waals surface area contributed by atoms with Crippen LogP contribution in [0.25, 0.3) is 0 Å². The van der Waals surface area contributed by atoms with Crippen molar-refractivity contribution in [2.45, 2.75) is 45.9 Å². The maximum Gasteiger partial charge on any atom is 0.261 e. The van der Waals surface area contributed by atoms with Crippen LogP contribution in [-0.4, -0.2) is 18.1 Å². The van der Waals surface area contributed by atoms with Gasteiger partial charge in [0.15, 0.2) is 6.10 Å². The summed E-state index contributed by atoms with van der Waals surface area (Å²) in [4.78, 5) is 12.3. The van der Waals surface area contributed by atoms with Gasteiger partial charge >= 0.3 is 0 Å². The van der Waals surface area contributed by atoms with E-state index in [1.165, 1.54) is 0 Å². The van der Waals surface area contributed by atoms with E-state index in [0.29, 0.717) is 18.7 Å². The second kappa shape index (κ2) is 8.96. The van der Waals surface area contributed by atoms with Crippen molar-refractivity contribution in [2.24, 2.45) is 0 Å². The Labute approximate surface area is 143 Å². The number of rotatable bonds is 8. The van der Waals surface area contributed by atoms with Crippen molar-refractivity contribution in [3.63, 3.8) is 0 Å². The molecule has 0 radical (unpaired) electrons. The van der Waals surface area contributed by atoms with Crippen molar-refractivity contribution >= 4 is 5.91 Å². The molecule has 4 heteroatoms. The van der Waals surface area contributed by atoms with Gasteiger partial charge in [0.25, 0.3) is 5.91 Å². The van der Waals surface area contributed by atoms with Gasteiger partial charge in [0.2, 0.25) is 0 Å². The second-order valence-electron chi connectivity index (χ2n) is 5.86. The highest BCUT2D eigenvalue weighted by Gasteiger charge is 2.17. The molecule has 0 aliphatic heterocycles. The van der Waals surface area contributed by atoms with E-state index in [1.807, 2.05) is 75.4 Å². The minimum absolute atomic E-state index is 0.114. The molecule has 1 amide bonds. The standard InChI is InChI=1S/C20H25NO3/c1-4-19(24-17-10-6-5-7-11-17)20(22)21-14-16-9-8-12-18(13-16)23-15(2)3/h5-13,15,19H,4,14H2,1-3H3,(H,21,22)/t19-/m0/s1. The number of para-hydroxylation sites is 1. The van der Waals surface area contributed by atoms with Gasteiger partial charge in [-0.1, -0.05) is 37.3 Å². The minimum atomic E-state index is -0.498. The normalized spacial score (nSPS) is 11.8. The Morgan fingerprint density at radius 1 is 1.00 bits per heavy atom. The first-order valence-electron chi connectivity index (χ1n) is 8.33. The average molecular weight is 327 g/mol. The van der Waals surface area contributed by atoms with Crippen molar-refractivity contribution in [3.05, 3.63) is 60.2 Å². The Balaban J connectivity index is 1.91. The smallest absolute Gasteiger partial charge is 0.261 e. The van der Waals surface area contributed by atoms with Crippen molar-refractivity contribution in [3.8, 4) is 11.5 Å². The maximum absolute atomic E-state index is 12.3. The first kappa shape index (κ1) is 17.9. The van der Waals surface area contributed by atoms with E-state index in [0.717, 1.165) is 11.3 Å². The molecule has 0 bridgehead atoms. The molecule has 0 heterocycles. The average Bonchev–Trinajstić information content (AvgIpc) is 2.58. The highest BCUT2D eigenvalue weighted by atomic mass is 16.5. The Bertz CT molecular complexity index is 640. The summed E-state index contributed by atoms with van der Waals surface area (Å²) in [5.41, 5.74) is 0.996. The molecule has 24 heavy (non-hydrogen) atoms. The lowest BCUT2D eigenvalue weighted by molar-refractivity contribution is -0.128. The fourth-order valence-corrected chi connectivity index (χ4v) is 2.29. The Morgan fingerprint density at radius 3 is 2.38 bits per heavy atom. The van der Waals surface area contributed by atoms with Crippen LogP contribution in [-0.2, 0) is 11.3 Å². The van der Waals surface area contributed by atoms with Crippen molar-refractivity contribution < 1.29 is 14.3 Å². The fourth-order valence-electron chi connectivity index (χ4n) is 2.29. The van der Waals surface area contributed by atoms with Gasteiger partial charge in [0.1, 0.15) is 11.5 Å². The molecular weight excluding hydrogens is 302 g/mol. The van der Waals surface area contributed by atoms with Crippen LogP contribution in [0.2, 0.25) is 0 Å². The van der Waals surface area contributed by atoms with Crippen LogP contribution in [0.5, 0.6) is 11.5 Å². The molecule has 2 rings (SSSR count). The van der Waals surface area contributed by atoms with Crippen molar-refractivity contribution in [1.82, 2.24) is 5.32 Å². The van der Waals surface area contributed by atoms with Gasteiger partial charge in [-0.3, -0.25) is 4.79 Å². The first-order valence-corrected chi connectivity index (χ1v) is 8.33. The van der Waals surface area contributed by atoms with Crippen molar-refractivity contribution in [1.29, 1.82) is 0 Å². The largest absolute Gasteiger partial charge is 0.491 e. The second-order valence-corrected chi connectivity index (χ2v) is 5.86. The molecule has 1 N–H and O–H groups in total. The van der Waals surface area contributed by atoms with Gasteiger partial charge in [-0.25, -0.2) is 0 Å². The van der Waals surface area contributed by atoms with E-state index in [9.17, 15) is 4.79 Å². The molecule has 0 aromatic heterocycles. The number of amides is 1. The first-order chi connectivity index (χ1) is 11.6. The molecule has 0 fully saturated rings. The zero-order valence-electron chi connectivity index (χ0n) is 14.5. The summed E-state index contributed by atoms with van der Waals surface area (Å²) in [6, 6.07) is 17.1. The molecule has 0 aliphatic rings. The molecule has 0 saturated carbocycles. The fraction of sp³-hybridized carbons (Fsp3) is 0.350. The summed E-state index contributed by atoms with van der Waals surface area (Å²) in [6.45, 7) is 6.36. The predicted octanol–water partition coefficient (Wildman–Crippen LogP) is 3.95. The lowest BCUT2D eigenvalue weighted by atomic mass is 10.2. The molecule has 2 aromatic carbocycles. The SMILES string of the molecule is CC[C@H](Oc1ccccc1)C(=O)NCc1cccc(OC(C)C)c1. The lowest BCUT2D eigenvalue weighted by Gasteiger charge is -2.17. The molecule has 0 spiro atoms. The zero-order chi connectivity index (χ0) is 17.4. The number of carbonyl (C=O) groups excluding carboxylic acids is 1. The number of hydrogen-bond donors (Lipinski definition) is 1. The third kappa shape index (κ3) is 5.61. The van der Waals surface area contributed by atoms with Gasteiger partial charge in [0.05, 0.1) is 6.10 Å². The molecule has 128 valence electrons. The molecule has 1 atom stereocenters. The lowest BCUT2D eigenvalue weighted by Crippen LogP contribution is -2.37. The maximum atomic E-state index is 12.3. The Hall–Kier alpha value is -2.49. The topological polar surface area (TPSA) is 47.6 Å². The Kier molecular flexibility index (Phi) is 6.67. The summed E-state index contributed by atoms with van der Waals surface area (Å²) >= 11 is 0. The zero-order valence-corrected chi connectivity index (χ0v) is 14.5. The summed E-state index contributed by atoms with van der Waals surface area (Å²) in [5.74, 6) is 1.40. The van der Waals surface area contributed by atoms with E-state index in [4.69, 9.17) is 9.47 Å². The van der Waals surface area contributed by atoms with Crippen LogP contribution in [0, 0.1) is 0 Å². The Morgan fingerprint density at radius 2 is 1.71 bits per heavy atom. The van der Waals surface area contributed by atoms with E-state index in [1.54, 1.807) is 0 Å². The molecule has 0 saturated heterocycles. The third-order valence-corrected chi connectivity index (χ3v) is 3.42. The number of ether oxygens (including phenoxy) is 2. The van der Waals surface area contributed by atoms with Crippen LogP contribution < -0.4 is 14.8 Å². The van der Waals surface area contributed by atoms with E-state index in [2.05, 4.69) is 5.32 Å². The molecule has 0 unspecified atom stereocenters. The van der Waals surface area contributed by atoms with Gasteiger partial charge < -0.3 is 14.8 Å². The van der Waals surface area contributed by atoms with Gasteiger partial charge in [-0.15, -0.1) is 0 Å². The molecule has 4 nitrogen and oxygen atoms in total. The summed E-state index contributed by atoms with van der Waals surface area (Å²) < 4.78 is 11.4. The van der Waals surface area contributed by atoms with Crippen LogP contribution in [0.3, 0.4) is 0 Å². The highest BCUT2D eigenvalue weighted by molar-refractivity contribution is 5.81. The van der Waals surface area contributed by atoms with Gasteiger partial charge in [-0.2, -0.15) is 0 Å². The summed E-state index contributed by atoms with van der Waals surface area (Å²) in [5, 5.41) is 2.93. The molecule has 2 aromatic rings. The monoisotopic (exact) mass is 327 g/mol. The van der Waals surface area contributed by atoms with Crippen LogP contribution in [0.1, 0.15) is 32.8 Å². The molecular formula is C20H25NO3. The molecule has 0 aliphatic carbocycles. The summed E-state index contributed by atoms with van der Waals surface area (Å²) in [7, 11) is 0. The van der Waals surface area contributed by atoms with E-state index in [-0.39, 0.29) is 12.0 Å². The number of carbonyl (C=O) groups is 1. The van der Waals surface area contributed by atoms with Crippen LogP contribution in [0.15, 0.2) is 54.6 Å². The van der Waals surface area contributed by atoms with Crippen LogP contribution >= 0.6 is 0 Å².